The van der Waals surface area contributed by atoms with Gasteiger partial charge in [0.05, 0.1) is 6.10 Å². The summed E-state index contributed by atoms with van der Waals surface area (Å²) in [6.07, 6.45) is 0.942. The average Bonchev–Trinajstić information content (AvgIpc) is 2.55. The molecule has 6 heteroatoms. The number of aliphatic hydroxyl groups is 1. The molecule has 3 rings (SSSR count). The lowest BCUT2D eigenvalue weighted by atomic mass is 9.87. The van der Waals surface area contributed by atoms with Crippen LogP contribution in [0, 0.1) is 19.8 Å². The second-order valence-electron chi connectivity index (χ2n) is 6.78. The number of nitrogens with zero attached hydrogens (tertiary/aromatic N) is 2. The van der Waals surface area contributed by atoms with Gasteiger partial charge in [-0.1, -0.05) is 29.8 Å². The number of H-pyrrole nitrogens is 1. The van der Waals surface area contributed by atoms with Gasteiger partial charge in [-0.25, -0.2) is 4.98 Å². The highest BCUT2D eigenvalue weighted by Gasteiger charge is 2.31. The summed E-state index contributed by atoms with van der Waals surface area (Å²) in [6, 6.07) is 9.49. The lowest BCUT2D eigenvalue weighted by Crippen LogP contribution is -2.47. The Morgan fingerprint density at radius 3 is 2.84 bits per heavy atom. The first-order valence-electron chi connectivity index (χ1n) is 8.53. The van der Waals surface area contributed by atoms with Gasteiger partial charge in [0.2, 0.25) is 0 Å². The largest absolute Gasteiger partial charge is 0.391 e. The van der Waals surface area contributed by atoms with Gasteiger partial charge in [-0.15, -0.1) is 0 Å². The van der Waals surface area contributed by atoms with Crippen molar-refractivity contribution in [1.29, 1.82) is 0 Å². The number of benzene rings is 1. The molecule has 2 atom stereocenters. The quantitative estimate of drug-likeness (QED) is 0.885. The lowest BCUT2D eigenvalue weighted by Gasteiger charge is -2.36. The van der Waals surface area contributed by atoms with E-state index in [2.05, 4.69) is 35.1 Å². The second kappa shape index (κ2) is 7.19. The van der Waals surface area contributed by atoms with E-state index in [1.807, 2.05) is 6.07 Å². The predicted molar refractivity (Wildman–Crippen MR) is 94.5 cm³/mol. The third-order valence-corrected chi connectivity index (χ3v) is 4.67. The first-order chi connectivity index (χ1) is 11.9. The fourth-order valence-corrected chi connectivity index (χ4v) is 3.40. The summed E-state index contributed by atoms with van der Waals surface area (Å²) < 4.78 is 0. The number of aliphatic hydroxyl groups excluding tert-OH is 1. The number of aromatic amines is 1. The van der Waals surface area contributed by atoms with E-state index in [1.165, 1.54) is 17.2 Å². The Hall–Kier alpha value is -2.47. The minimum absolute atomic E-state index is 0.125. The molecule has 1 aliphatic rings. The molecular weight excluding hydrogens is 318 g/mol. The van der Waals surface area contributed by atoms with Gasteiger partial charge >= 0.3 is 0 Å². The van der Waals surface area contributed by atoms with Gasteiger partial charge in [-0.3, -0.25) is 9.59 Å². The van der Waals surface area contributed by atoms with Crippen LogP contribution in [-0.4, -0.2) is 45.1 Å². The van der Waals surface area contributed by atoms with Gasteiger partial charge < -0.3 is 15.0 Å². The number of carbonyl (C=O) groups is 1. The molecule has 0 aliphatic carbocycles. The zero-order valence-electron chi connectivity index (χ0n) is 14.5. The van der Waals surface area contributed by atoms with Crippen LogP contribution in [0.5, 0.6) is 0 Å². The van der Waals surface area contributed by atoms with Crippen molar-refractivity contribution in [2.75, 3.05) is 13.1 Å². The molecule has 1 saturated heterocycles. The Labute approximate surface area is 146 Å². The van der Waals surface area contributed by atoms with Crippen molar-refractivity contribution in [3.8, 4) is 0 Å². The molecule has 0 bridgehead atoms. The normalized spacial score (nSPS) is 20.5. The van der Waals surface area contributed by atoms with Gasteiger partial charge in [0.25, 0.3) is 11.5 Å². The molecule has 1 amide bonds. The van der Waals surface area contributed by atoms with E-state index in [4.69, 9.17) is 0 Å². The molecule has 1 aromatic carbocycles. The lowest BCUT2D eigenvalue weighted by molar-refractivity contribution is 0.0194. The van der Waals surface area contributed by atoms with Crippen LogP contribution in [0.4, 0.5) is 0 Å². The molecule has 2 aromatic rings. The number of piperidine rings is 1. The molecule has 25 heavy (non-hydrogen) atoms. The van der Waals surface area contributed by atoms with E-state index in [0.717, 1.165) is 12.8 Å². The van der Waals surface area contributed by atoms with E-state index in [9.17, 15) is 14.7 Å². The monoisotopic (exact) mass is 341 g/mol. The van der Waals surface area contributed by atoms with Crippen LogP contribution in [0.25, 0.3) is 0 Å². The fourth-order valence-electron chi connectivity index (χ4n) is 3.40. The number of β-amino-alcohol motifs (C(OH)–C–C–N with tert-alkyl or cyclic N) is 1. The van der Waals surface area contributed by atoms with Crippen molar-refractivity contribution >= 4 is 5.91 Å². The summed E-state index contributed by atoms with van der Waals surface area (Å²) in [4.78, 5) is 32.3. The SMILES string of the molecule is Cc1cccc(C[C@H]2CCN(C(=O)c3cc(=O)[nH]c(C)n3)C[C@H]2O)c1. The Balaban J connectivity index is 1.66. The number of rotatable bonds is 3. The zero-order valence-corrected chi connectivity index (χ0v) is 14.5. The van der Waals surface area contributed by atoms with Crippen molar-refractivity contribution < 1.29 is 9.90 Å². The predicted octanol–water partition coefficient (Wildman–Crippen LogP) is 1.45. The molecule has 2 N–H and O–H groups in total. The standard InChI is InChI=1S/C19H23N3O3/c1-12-4-3-5-14(8-12)9-15-6-7-22(11-17(15)23)19(25)16-10-18(24)21-13(2)20-16/h3-5,8,10,15,17,23H,6-7,9,11H2,1-2H3,(H,20,21,24)/t15-,17-/m1/s1. The molecule has 0 saturated carbocycles. The number of amides is 1. The Morgan fingerprint density at radius 2 is 2.16 bits per heavy atom. The molecule has 2 heterocycles. The zero-order chi connectivity index (χ0) is 18.0. The number of carbonyl (C=O) groups excluding carboxylic acids is 1. The molecule has 1 fully saturated rings. The van der Waals surface area contributed by atoms with Gasteiger partial charge in [0.15, 0.2) is 0 Å². The Kier molecular flexibility index (Phi) is 4.99. The highest BCUT2D eigenvalue weighted by Crippen LogP contribution is 2.23. The van der Waals surface area contributed by atoms with Crippen LogP contribution in [0.3, 0.4) is 0 Å². The van der Waals surface area contributed by atoms with Crippen molar-refractivity contribution in [2.45, 2.75) is 32.8 Å². The van der Waals surface area contributed by atoms with E-state index < -0.39 is 6.10 Å². The highest BCUT2D eigenvalue weighted by molar-refractivity contribution is 5.92. The van der Waals surface area contributed by atoms with E-state index in [0.29, 0.717) is 12.4 Å². The highest BCUT2D eigenvalue weighted by atomic mass is 16.3. The van der Waals surface area contributed by atoms with Crippen LogP contribution in [0.15, 0.2) is 35.1 Å². The summed E-state index contributed by atoms with van der Waals surface area (Å²) in [5.74, 6) is 0.229. The Morgan fingerprint density at radius 1 is 1.36 bits per heavy atom. The van der Waals surface area contributed by atoms with E-state index in [-0.39, 0.29) is 29.6 Å². The maximum absolute atomic E-state index is 12.6. The number of hydrogen-bond donors (Lipinski definition) is 2. The van der Waals surface area contributed by atoms with Gasteiger partial charge in [0, 0.05) is 19.2 Å². The summed E-state index contributed by atoms with van der Waals surface area (Å²) in [6.45, 7) is 4.52. The van der Waals surface area contributed by atoms with Crippen LogP contribution < -0.4 is 5.56 Å². The van der Waals surface area contributed by atoms with Crippen LogP contribution in [0.1, 0.15) is 33.9 Å². The minimum atomic E-state index is -0.582. The maximum Gasteiger partial charge on any atom is 0.272 e. The van der Waals surface area contributed by atoms with Crippen LogP contribution in [-0.2, 0) is 6.42 Å². The molecule has 0 spiro atoms. The first kappa shape index (κ1) is 17.4. The Bertz CT molecular complexity index is 831. The van der Waals surface area contributed by atoms with Crippen molar-refractivity contribution in [3.63, 3.8) is 0 Å². The molecule has 0 unspecified atom stereocenters. The minimum Gasteiger partial charge on any atom is -0.391 e. The smallest absolute Gasteiger partial charge is 0.272 e. The molecule has 1 aromatic heterocycles. The van der Waals surface area contributed by atoms with Crippen molar-refractivity contribution in [1.82, 2.24) is 14.9 Å². The summed E-state index contributed by atoms with van der Waals surface area (Å²) in [5, 5.41) is 10.5. The van der Waals surface area contributed by atoms with Crippen molar-refractivity contribution in [3.05, 3.63) is 63.3 Å². The van der Waals surface area contributed by atoms with Crippen LogP contribution >= 0.6 is 0 Å². The molecule has 6 nitrogen and oxygen atoms in total. The van der Waals surface area contributed by atoms with Gasteiger partial charge in [-0.05, 0) is 38.2 Å². The number of aryl methyl sites for hydroxylation is 2. The molecule has 1 aliphatic heterocycles. The molecule has 0 radical (unpaired) electrons. The number of aromatic nitrogens is 2. The maximum atomic E-state index is 12.6. The number of nitrogens with one attached hydrogen (secondary N) is 1. The molecular formula is C19H23N3O3. The topological polar surface area (TPSA) is 86.3 Å². The molecule has 132 valence electrons. The van der Waals surface area contributed by atoms with Crippen LogP contribution in [0.2, 0.25) is 0 Å². The number of likely N-dealkylation sites (tertiary alicyclic amines) is 1. The third kappa shape index (κ3) is 4.14. The summed E-state index contributed by atoms with van der Waals surface area (Å²) in [5.41, 5.74) is 2.20. The van der Waals surface area contributed by atoms with Crippen molar-refractivity contribution in [2.24, 2.45) is 5.92 Å². The average molecular weight is 341 g/mol. The third-order valence-electron chi connectivity index (χ3n) is 4.67. The second-order valence-corrected chi connectivity index (χ2v) is 6.78. The summed E-state index contributed by atoms with van der Waals surface area (Å²) in [7, 11) is 0. The fraction of sp³-hybridized carbons (Fsp3) is 0.421. The number of hydrogen-bond acceptors (Lipinski definition) is 4. The summed E-state index contributed by atoms with van der Waals surface area (Å²) >= 11 is 0. The van der Waals surface area contributed by atoms with Gasteiger partial charge in [0.1, 0.15) is 11.5 Å². The first-order valence-corrected chi connectivity index (χ1v) is 8.53. The van der Waals surface area contributed by atoms with E-state index in [1.54, 1.807) is 11.8 Å². The van der Waals surface area contributed by atoms with E-state index >= 15 is 0 Å². The van der Waals surface area contributed by atoms with Gasteiger partial charge in [-0.2, -0.15) is 0 Å².